The number of rotatable bonds is 3. The fraction of sp³-hybridized carbons (Fsp3) is 0.647. The minimum Gasteiger partial charge on any atom is -0.298 e. The topological polar surface area (TPSA) is 6.48 Å². The molecule has 2 nitrogen and oxygen atoms in total. The zero-order valence-corrected chi connectivity index (χ0v) is 12.6. The summed E-state index contributed by atoms with van der Waals surface area (Å²) in [6, 6.07) is 6.60. The Morgan fingerprint density at radius 1 is 1.30 bits per heavy atom. The molecule has 0 saturated carbocycles. The highest BCUT2D eigenvalue weighted by Crippen LogP contribution is 2.24. The third-order valence-corrected chi connectivity index (χ3v) is 5.04. The maximum atomic E-state index is 13.1. The molecular weight excluding hydrogens is 251 g/mol. The fourth-order valence-corrected chi connectivity index (χ4v) is 3.76. The number of benzene rings is 1. The molecule has 0 aliphatic carbocycles. The molecule has 0 aromatic heterocycles. The standard InChI is InChI=1S/C17H25FN2/c1-13-10-16(18)6-5-15(13)7-9-19-12-17-4-3-8-20(17)11-14(19)2/h5-6,10,14,17H,3-4,7-9,11-12H2,1-2H3. The molecule has 2 heterocycles. The Morgan fingerprint density at radius 2 is 2.15 bits per heavy atom. The average molecular weight is 276 g/mol. The van der Waals surface area contributed by atoms with Crippen LogP contribution in [0.15, 0.2) is 18.2 Å². The van der Waals surface area contributed by atoms with E-state index in [1.807, 2.05) is 13.0 Å². The van der Waals surface area contributed by atoms with Crippen LogP contribution in [-0.2, 0) is 6.42 Å². The Hall–Kier alpha value is -0.930. The Bertz CT molecular complexity index is 474. The van der Waals surface area contributed by atoms with E-state index in [0.29, 0.717) is 6.04 Å². The molecule has 2 aliphatic rings. The van der Waals surface area contributed by atoms with Crippen LogP contribution in [0.5, 0.6) is 0 Å². The van der Waals surface area contributed by atoms with Crippen LogP contribution in [0.3, 0.4) is 0 Å². The van der Waals surface area contributed by atoms with Crippen molar-refractivity contribution in [2.75, 3.05) is 26.2 Å². The lowest BCUT2D eigenvalue weighted by Gasteiger charge is -2.42. The summed E-state index contributed by atoms with van der Waals surface area (Å²) < 4.78 is 13.1. The summed E-state index contributed by atoms with van der Waals surface area (Å²) in [6.45, 7) is 9.16. The predicted molar refractivity (Wildman–Crippen MR) is 80.5 cm³/mol. The number of hydrogen-bond acceptors (Lipinski definition) is 2. The summed E-state index contributed by atoms with van der Waals surface area (Å²) in [7, 11) is 0. The van der Waals surface area contributed by atoms with Gasteiger partial charge in [0.15, 0.2) is 0 Å². The largest absolute Gasteiger partial charge is 0.298 e. The van der Waals surface area contributed by atoms with Crippen molar-refractivity contribution in [3.63, 3.8) is 0 Å². The van der Waals surface area contributed by atoms with Gasteiger partial charge < -0.3 is 0 Å². The Morgan fingerprint density at radius 3 is 2.95 bits per heavy atom. The summed E-state index contributed by atoms with van der Waals surface area (Å²) in [5.74, 6) is -0.126. The van der Waals surface area contributed by atoms with Gasteiger partial charge in [-0.25, -0.2) is 4.39 Å². The molecular formula is C17H25FN2. The molecule has 0 bridgehead atoms. The van der Waals surface area contributed by atoms with E-state index in [0.717, 1.165) is 24.6 Å². The molecule has 2 atom stereocenters. The van der Waals surface area contributed by atoms with E-state index >= 15 is 0 Å². The summed E-state index contributed by atoms with van der Waals surface area (Å²) >= 11 is 0. The van der Waals surface area contributed by atoms with Crippen LogP contribution in [0.1, 0.15) is 30.9 Å². The summed E-state index contributed by atoms with van der Waals surface area (Å²) in [5.41, 5.74) is 2.37. The molecule has 110 valence electrons. The second-order valence-corrected chi connectivity index (χ2v) is 6.46. The first kappa shape index (κ1) is 14.0. The molecule has 3 rings (SSSR count). The van der Waals surface area contributed by atoms with Gasteiger partial charge in [-0.1, -0.05) is 6.07 Å². The molecule has 1 aromatic rings. The molecule has 0 N–H and O–H groups in total. The second kappa shape index (κ2) is 5.82. The monoisotopic (exact) mass is 276 g/mol. The van der Waals surface area contributed by atoms with Crippen molar-refractivity contribution in [3.8, 4) is 0 Å². The quantitative estimate of drug-likeness (QED) is 0.837. The Labute approximate surface area is 121 Å². The predicted octanol–water partition coefficient (Wildman–Crippen LogP) is 2.85. The number of aryl methyl sites for hydroxylation is 1. The van der Waals surface area contributed by atoms with Crippen LogP contribution in [0.25, 0.3) is 0 Å². The van der Waals surface area contributed by atoms with Crippen LogP contribution in [0.4, 0.5) is 4.39 Å². The van der Waals surface area contributed by atoms with Gasteiger partial charge in [0, 0.05) is 31.7 Å². The van der Waals surface area contributed by atoms with Gasteiger partial charge in [0.1, 0.15) is 5.82 Å². The Kier molecular flexibility index (Phi) is 4.08. The highest BCUT2D eigenvalue weighted by molar-refractivity contribution is 5.26. The first-order chi connectivity index (χ1) is 9.63. The van der Waals surface area contributed by atoms with Crippen LogP contribution < -0.4 is 0 Å². The molecule has 1 aromatic carbocycles. The first-order valence-corrected chi connectivity index (χ1v) is 7.86. The number of hydrogen-bond donors (Lipinski definition) is 0. The summed E-state index contributed by atoms with van der Waals surface area (Å²) in [4.78, 5) is 5.28. The van der Waals surface area contributed by atoms with E-state index in [-0.39, 0.29) is 5.82 Å². The summed E-state index contributed by atoms with van der Waals surface area (Å²) in [6.07, 6.45) is 3.75. The molecule has 0 radical (unpaired) electrons. The molecule has 2 saturated heterocycles. The highest BCUT2D eigenvalue weighted by Gasteiger charge is 2.33. The highest BCUT2D eigenvalue weighted by atomic mass is 19.1. The summed E-state index contributed by atoms with van der Waals surface area (Å²) in [5, 5.41) is 0. The van der Waals surface area contributed by atoms with Gasteiger partial charge in [-0.3, -0.25) is 9.80 Å². The van der Waals surface area contributed by atoms with E-state index in [1.54, 1.807) is 12.1 Å². The number of nitrogens with zero attached hydrogens (tertiary/aromatic N) is 2. The van der Waals surface area contributed by atoms with Gasteiger partial charge in [0.05, 0.1) is 0 Å². The normalized spacial score (nSPS) is 27.8. The van der Waals surface area contributed by atoms with Crippen LogP contribution in [-0.4, -0.2) is 48.1 Å². The maximum Gasteiger partial charge on any atom is 0.123 e. The minimum atomic E-state index is -0.126. The van der Waals surface area contributed by atoms with Crippen LogP contribution >= 0.6 is 0 Å². The van der Waals surface area contributed by atoms with Gasteiger partial charge in [0.25, 0.3) is 0 Å². The molecule has 20 heavy (non-hydrogen) atoms. The van der Waals surface area contributed by atoms with Crippen molar-refractivity contribution in [2.45, 2.75) is 45.2 Å². The van der Waals surface area contributed by atoms with Gasteiger partial charge >= 0.3 is 0 Å². The minimum absolute atomic E-state index is 0.126. The third kappa shape index (κ3) is 2.89. The zero-order valence-electron chi connectivity index (χ0n) is 12.6. The number of halogens is 1. The van der Waals surface area contributed by atoms with Crippen LogP contribution in [0, 0.1) is 12.7 Å². The molecule has 0 amide bonds. The molecule has 2 aliphatic heterocycles. The van der Waals surface area contributed by atoms with Crippen molar-refractivity contribution in [3.05, 3.63) is 35.1 Å². The first-order valence-electron chi connectivity index (χ1n) is 7.86. The average Bonchev–Trinajstić information content (AvgIpc) is 2.84. The maximum absolute atomic E-state index is 13.1. The van der Waals surface area contributed by atoms with Crippen molar-refractivity contribution in [2.24, 2.45) is 0 Å². The van der Waals surface area contributed by atoms with Crippen molar-refractivity contribution >= 4 is 0 Å². The van der Waals surface area contributed by atoms with Gasteiger partial charge in [-0.05, 0) is 62.9 Å². The molecule has 2 fully saturated rings. The fourth-order valence-electron chi connectivity index (χ4n) is 3.76. The lowest BCUT2D eigenvalue weighted by atomic mass is 10.0. The van der Waals surface area contributed by atoms with E-state index in [4.69, 9.17) is 0 Å². The van der Waals surface area contributed by atoms with Crippen LogP contribution in [0.2, 0.25) is 0 Å². The lowest BCUT2D eigenvalue weighted by Crippen LogP contribution is -2.55. The van der Waals surface area contributed by atoms with E-state index in [2.05, 4.69) is 16.7 Å². The third-order valence-electron chi connectivity index (χ3n) is 5.04. The van der Waals surface area contributed by atoms with Crippen molar-refractivity contribution < 1.29 is 4.39 Å². The molecule has 3 heteroatoms. The van der Waals surface area contributed by atoms with E-state index in [9.17, 15) is 4.39 Å². The van der Waals surface area contributed by atoms with Gasteiger partial charge in [0.2, 0.25) is 0 Å². The van der Waals surface area contributed by atoms with E-state index < -0.39 is 0 Å². The van der Waals surface area contributed by atoms with Crippen molar-refractivity contribution in [1.29, 1.82) is 0 Å². The molecule has 2 unspecified atom stereocenters. The van der Waals surface area contributed by atoms with Gasteiger partial charge in [-0.2, -0.15) is 0 Å². The zero-order chi connectivity index (χ0) is 14.1. The number of fused-ring (bicyclic) bond motifs is 1. The van der Waals surface area contributed by atoms with E-state index in [1.165, 1.54) is 38.0 Å². The molecule has 0 spiro atoms. The second-order valence-electron chi connectivity index (χ2n) is 6.46. The number of piperazine rings is 1. The van der Waals surface area contributed by atoms with Gasteiger partial charge in [-0.15, -0.1) is 0 Å². The lowest BCUT2D eigenvalue weighted by molar-refractivity contribution is 0.0604. The Balaban J connectivity index is 1.60. The smallest absolute Gasteiger partial charge is 0.123 e. The van der Waals surface area contributed by atoms with Crippen molar-refractivity contribution in [1.82, 2.24) is 9.80 Å². The SMILES string of the molecule is Cc1cc(F)ccc1CCN1CC2CCCN2CC1C.